The van der Waals surface area contributed by atoms with Gasteiger partial charge in [0.1, 0.15) is 4.90 Å². The van der Waals surface area contributed by atoms with Gasteiger partial charge < -0.3 is 5.73 Å². The van der Waals surface area contributed by atoms with E-state index in [1.165, 1.54) is 18.2 Å². The molecule has 2 N–H and O–H groups in total. The van der Waals surface area contributed by atoms with Crippen molar-refractivity contribution in [1.82, 2.24) is 4.31 Å². The van der Waals surface area contributed by atoms with Gasteiger partial charge in [-0.25, -0.2) is 12.7 Å². The number of hydrogen-bond acceptors (Lipinski definition) is 5. The minimum Gasteiger partial charge on any atom is -0.399 e. The second-order valence-corrected chi connectivity index (χ2v) is 6.80. The molecule has 98 valence electrons. The molecule has 0 fully saturated rings. The van der Waals surface area contributed by atoms with Crippen LogP contribution in [0.2, 0.25) is 0 Å². The summed E-state index contributed by atoms with van der Waals surface area (Å²) in [4.78, 5) is 12.0. The molecule has 0 bridgehead atoms. The van der Waals surface area contributed by atoms with Crippen LogP contribution in [0.5, 0.6) is 0 Å². The van der Waals surface area contributed by atoms with E-state index in [2.05, 4.69) is 0 Å². The van der Waals surface area contributed by atoms with Crippen molar-refractivity contribution < 1.29 is 13.2 Å². The first-order valence-corrected chi connectivity index (χ1v) is 8.27. The highest BCUT2D eigenvalue weighted by molar-refractivity contribution is 7.98. The summed E-state index contributed by atoms with van der Waals surface area (Å²) >= 11 is 1.62. The average molecular weight is 286 g/mol. The molecule has 5 nitrogen and oxygen atoms in total. The lowest BCUT2D eigenvalue weighted by Gasteiger charge is -2.14. The molecule has 0 saturated carbocycles. The van der Waals surface area contributed by atoms with Crippen molar-refractivity contribution in [1.29, 1.82) is 0 Å². The Kier molecular flexibility index (Phi) is 3.54. The Bertz CT molecular complexity index is 584. The summed E-state index contributed by atoms with van der Waals surface area (Å²) in [5.74, 6) is 0.365. The van der Waals surface area contributed by atoms with Gasteiger partial charge in [-0.2, -0.15) is 11.8 Å². The van der Waals surface area contributed by atoms with Gasteiger partial charge in [0.05, 0.1) is 5.56 Å². The summed E-state index contributed by atoms with van der Waals surface area (Å²) in [6.07, 6.45) is 2.59. The zero-order valence-corrected chi connectivity index (χ0v) is 11.6. The monoisotopic (exact) mass is 286 g/mol. The van der Waals surface area contributed by atoms with Crippen molar-refractivity contribution in [2.24, 2.45) is 0 Å². The van der Waals surface area contributed by atoms with Gasteiger partial charge in [-0.05, 0) is 36.6 Å². The van der Waals surface area contributed by atoms with Gasteiger partial charge in [0.2, 0.25) is 0 Å². The van der Waals surface area contributed by atoms with Crippen LogP contribution in [0.1, 0.15) is 16.8 Å². The molecule has 0 unspecified atom stereocenters. The largest absolute Gasteiger partial charge is 0.399 e. The lowest BCUT2D eigenvalue weighted by Crippen LogP contribution is -2.31. The number of rotatable bonds is 4. The summed E-state index contributed by atoms with van der Waals surface area (Å²) in [7, 11) is -3.70. The highest BCUT2D eigenvalue weighted by atomic mass is 32.2. The standard InChI is InChI=1S/C11H14N2O3S2/c1-17-6-2-5-13-11(14)9-4-3-8(12)7-10(9)18(13,15)16/h3-4,7H,2,5-6,12H2,1H3. The number of carbonyl (C=O) groups excluding carboxylic acids is 1. The van der Waals surface area contributed by atoms with Crippen LogP contribution in [-0.4, -0.2) is 37.2 Å². The number of amides is 1. The van der Waals surface area contributed by atoms with E-state index in [0.29, 0.717) is 12.1 Å². The van der Waals surface area contributed by atoms with Crippen molar-refractivity contribution >= 4 is 33.4 Å². The zero-order valence-electron chi connectivity index (χ0n) is 9.92. The van der Waals surface area contributed by atoms with E-state index in [-0.39, 0.29) is 17.0 Å². The maximum absolute atomic E-state index is 12.2. The van der Waals surface area contributed by atoms with Crippen LogP contribution in [-0.2, 0) is 10.0 Å². The molecule has 1 aliphatic rings. The van der Waals surface area contributed by atoms with E-state index in [0.717, 1.165) is 10.1 Å². The molecule has 18 heavy (non-hydrogen) atoms. The van der Waals surface area contributed by atoms with Crippen molar-refractivity contribution in [3.05, 3.63) is 23.8 Å². The summed E-state index contributed by atoms with van der Waals surface area (Å²) in [5, 5.41) is 0. The molecule has 2 rings (SSSR count). The van der Waals surface area contributed by atoms with Crippen LogP contribution >= 0.6 is 11.8 Å². The van der Waals surface area contributed by atoms with Crippen LogP contribution in [0, 0.1) is 0 Å². The summed E-state index contributed by atoms with van der Waals surface area (Å²) in [6, 6.07) is 4.36. The normalized spacial score (nSPS) is 16.9. The van der Waals surface area contributed by atoms with Crippen molar-refractivity contribution in [3.8, 4) is 0 Å². The third-order valence-electron chi connectivity index (χ3n) is 2.74. The fourth-order valence-corrected chi connectivity index (χ4v) is 3.93. The predicted octanol–water partition coefficient (Wildman–Crippen LogP) is 1.17. The molecule has 7 heteroatoms. The molecule has 1 heterocycles. The van der Waals surface area contributed by atoms with Gasteiger partial charge in [0, 0.05) is 12.2 Å². The van der Waals surface area contributed by atoms with E-state index in [4.69, 9.17) is 5.73 Å². The highest BCUT2D eigenvalue weighted by Gasteiger charge is 2.40. The molecule has 1 aliphatic heterocycles. The fourth-order valence-electron chi connectivity index (χ4n) is 1.87. The van der Waals surface area contributed by atoms with E-state index < -0.39 is 15.9 Å². The number of hydrogen-bond donors (Lipinski definition) is 1. The number of carbonyl (C=O) groups is 1. The number of benzene rings is 1. The molecule has 1 amide bonds. The Balaban J connectivity index is 2.36. The Hall–Kier alpha value is -1.21. The van der Waals surface area contributed by atoms with Crippen LogP contribution < -0.4 is 5.73 Å². The number of anilines is 1. The van der Waals surface area contributed by atoms with Crippen molar-refractivity contribution in [2.45, 2.75) is 11.3 Å². The third kappa shape index (κ3) is 2.08. The number of nitrogens with zero attached hydrogens (tertiary/aromatic N) is 1. The Morgan fingerprint density at radius 2 is 2.11 bits per heavy atom. The van der Waals surface area contributed by atoms with Crippen LogP contribution in [0.3, 0.4) is 0 Å². The number of nitrogen functional groups attached to an aromatic ring is 1. The molecule has 0 saturated heterocycles. The molecule has 0 aromatic heterocycles. The van der Waals surface area contributed by atoms with Crippen LogP contribution in [0.15, 0.2) is 23.1 Å². The fraction of sp³-hybridized carbons (Fsp3) is 0.364. The molecule has 0 atom stereocenters. The molecule has 1 aromatic carbocycles. The highest BCUT2D eigenvalue weighted by Crippen LogP contribution is 2.31. The maximum atomic E-state index is 12.2. The summed E-state index contributed by atoms with van der Waals surface area (Å²) in [6.45, 7) is 0.219. The smallest absolute Gasteiger partial charge is 0.269 e. The molecule has 0 aliphatic carbocycles. The van der Waals surface area contributed by atoms with Gasteiger partial charge in [-0.1, -0.05) is 0 Å². The predicted molar refractivity (Wildman–Crippen MR) is 72.1 cm³/mol. The van der Waals surface area contributed by atoms with Gasteiger partial charge in [0.15, 0.2) is 0 Å². The van der Waals surface area contributed by atoms with E-state index in [1.807, 2.05) is 6.26 Å². The topological polar surface area (TPSA) is 80.5 Å². The Morgan fingerprint density at radius 3 is 2.78 bits per heavy atom. The maximum Gasteiger partial charge on any atom is 0.269 e. The minimum atomic E-state index is -3.70. The van der Waals surface area contributed by atoms with Crippen LogP contribution in [0.4, 0.5) is 5.69 Å². The SMILES string of the molecule is CSCCCN1C(=O)c2ccc(N)cc2S1(=O)=O. The first-order chi connectivity index (χ1) is 8.48. The van der Waals surface area contributed by atoms with Crippen molar-refractivity contribution in [2.75, 3.05) is 24.3 Å². The second-order valence-electron chi connectivity index (χ2n) is 3.98. The van der Waals surface area contributed by atoms with Crippen molar-refractivity contribution in [3.63, 3.8) is 0 Å². The number of sulfonamides is 1. The van der Waals surface area contributed by atoms with Gasteiger partial charge in [0.25, 0.3) is 15.9 Å². The summed E-state index contributed by atoms with van der Waals surface area (Å²) in [5.41, 5.74) is 6.13. The average Bonchev–Trinajstić information content (AvgIpc) is 2.50. The lowest BCUT2D eigenvalue weighted by molar-refractivity contribution is 0.0871. The zero-order chi connectivity index (χ0) is 13.3. The van der Waals surface area contributed by atoms with E-state index in [9.17, 15) is 13.2 Å². The first kappa shape index (κ1) is 13.2. The molecular weight excluding hydrogens is 272 g/mol. The van der Waals surface area contributed by atoms with Gasteiger partial charge in [-0.15, -0.1) is 0 Å². The quantitative estimate of drug-likeness (QED) is 0.664. The Morgan fingerprint density at radius 1 is 1.39 bits per heavy atom. The van der Waals surface area contributed by atoms with E-state index >= 15 is 0 Å². The van der Waals surface area contributed by atoms with Gasteiger partial charge in [-0.3, -0.25) is 4.79 Å². The van der Waals surface area contributed by atoms with Crippen LogP contribution in [0.25, 0.3) is 0 Å². The van der Waals surface area contributed by atoms with E-state index in [1.54, 1.807) is 11.8 Å². The number of nitrogens with two attached hydrogens (primary N) is 1. The summed E-state index contributed by atoms with van der Waals surface area (Å²) < 4.78 is 25.3. The second kappa shape index (κ2) is 4.81. The first-order valence-electron chi connectivity index (χ1n) is 5.44. The number of fused-ring (bicyclic) bond motifs is 1. The molecule has 0 radical (unpaired) electrons. The molecule has 0 spiro atoms. The molecule has 1 aromatic rings. The lowest BCUT2D eigenvalue weighted by atomic mass is 10.2. The number of thioether (sulfide) groups is 1. The third-order valence-corrected chi connectivity index (χ3v) is 5.26. The Labute approximate surface area is 110 Å². The molecular formula is C11H14N2O3S2. The minimum absolute atomic E-state index is 0.0247. The van der Waals surface area contributed by atoms with Gasteiger partial charge >= 0.3 is 0 Å².